The molecule has 5 heteroatoms. The minimum atomic E-state index is -0.773. The summed E-state index contributed by atoms with van der Waals surface area (Å²) in [5, 5.41) is 14.9. The lowest BCUT2D eigenvalue weighted by molar-refractivity contribution is -0.150. The number of urea groups is 1. The van der Waals surface area contributed by atoms with Crippen LogP contribution < -0.4 is 10.6 Å². The van der Waals surface area contributed by atoms with E-state index in [9.17, 15) is 14.7 Å². The van der Waals surface area contributed by atoms with Crippen LogP contribution >= 0.6 is 0 Å². The van der Waals surface area contributed by atoms with Gasteiger partial charge in [0, 0.05) is 13.1 Å². The smallest absolute Gasteiger partial charge is 0.314 e. The van der Waals surface area contributed by atoms with E-state index in [2.05, 4.69) is 10.6 Å². The Labute approximate surface area is 107 Å². The van der Waals surface area contributed by atoms with Gasteiger partial charge < -0.3 is 15.7 Å². The number of nitrogens with one attached hydrogen (secondary N) is 2. The Morgan fingerprint density at radius 3 is 2.33 bits per heavy atom. The lowest BCUT2D eigenvalue weighted by Crippen LogP contribution is -2.47. The second-order valence-electron chi connectivity index (χ2n) is 5.65. The summed E-state index contributed by atoms with van der Waals surface area (Å²) in [7, 11) is 0. The molecule has 2 rings (SSSR count). The summed E-state index contributed by atoms with van der Waals surface area (Å²) in [6, 6.07) is -0.229. The van der Waals surface area contributed by atoms with Gasteiger partial charge >= 0.3 is 12.0 Å². The van der Waals surface area contributed by atoms with Gasteiger partial charge in [0.25, 0.3) is 0 Å². The van der Waals surface area contributed by atoms with Crippen LogP contribution in [0.2, 0.25) is 0 Å². The van der Waals surface area contributed by atoms with Crippen LogP contribution in [0.5, 0.6) is 0 Å². The summed E-state index contributed by atoms with van der Waals surface area (Å²) in [6.45, 7) is 0.963. The maximum Gasteiger partial charge on any atom is 0.314 e. The number of rotatable bonds is 5. The molecule has 0 aromatic heterocycles. The van der Waals surface area contributed by atoms with Crippen molar-refractivity contribution in [2.24, 2.45) is 11.3 Å². The fourth-order valence-corrected chi connectivity index (χ4v) is 2.57. The molecule has 0 atom stereocenters. The van der Waals surface area contributed by atoms with E-state index in [0.717, 1.165) is 19.3 Å². The summed E-state index contributed by atoms with van der Waals surface area (Å²) in [5.41, 5.74) is -0.741. The minimum absolute atomic E-state index is 0.229. The van der Waals surface area contributed by atoms with Gasteiger partial charge in [-0.25, -0.2) is 4.79 Å². The molecular formula is C13H22N2O3. The van der Waals surface area contributed by atoms with Crippen molar-refractivity contribution < 1.29 is 14.7 Å². The SMILES string of the molecule is O=C(NCC1CC1)NCC1(C(=O)O)CCCCC1. The molecular weight excluding hydrogens is 232 g/mol. The third-order valence-corrected chi connectivity index (χ3v) is 4.10. The van der Waals surface area contributed by atoms with Crippen molar-refractivity contribution in [2.45, 2.75) is 44.9 Å². The number of hydrogen-bond donors (Lipinski definition) is 3. The quantitative estimate of drug-likeness (QED) is 0.699. The zero-order valence-electron chi connectivity index (χ0n) is 10.7. The predicted molar refractivity (Wildman–Crippen MR) is 67.3 cm³/mol. The number of hydrogen-bond acceptors (Lipinski definition) is 2. The number of aliphatic carboxylic acids is 1. The van der Waals surface area contributed by atoms with Crippen LogP contribution in [0.15, 0.2) is 0 Å². The number of carbonyl (C=O) groups excluding carboxylic acids is 1. The third-order valence-electron chi connectivity index (χ3n) is 4.10. The molecule has 0 spiro atoms. The van der Waals surface area contributed by atoms with Crippen molar-refractivity contribution in [3.05, 3.63) is 0 Å². The van der Waals surface area contributed by atoms with E-state index in [1.807, 2.05) is 0 Å². The molecule has 2 amide bonds. The summed E-state index contributed by atoms with van der Waals surface area (Å²) in [5.74, 6) is -0.136. The first-order valence-corrected chi connectivity index (χ1v) is 6.87. The standard InChI is InChI=1S/C13H22N2O3/c16-11(17)13(6-2-1-3-7-13)9-15-12(18)14-8-10-4-5-10/h10H,1-9H2,(H,16,17)(H2,14,15,18). The predicted octanol–water partition coefficient (Wildman–Crippen LogP) is 1.73. The summed E-state index contributed by atoms with van der Waals surface area (Å²) in [4.78, 5) is 23.0. The molecule has 0 heterocycles. The Bertz CT molecular complexity index is 320. The van der Waals surface area contributed by atoms with E-state index in [1.165, 1.54) is 12.8 Å². The summed E-state index contributed by atoms with van der Waals surface area (Å²) < 4.78 is 0. The highest BCUT2D eigenvalue weighted by atomic mass is 16.4. The highest BCUT2D eigenvalue weighted by Crippen LogP contribution is 2.36. The molecule has 0 aromatic rings. The maximum atomic E-state index is 11.6. The van der Waals surface area contributed by atoms with Crippen molar-refractivity contribution in [2.75, 3.05) is 13.1 Å². The molecule has 0 unspecified atom stereocenters. The van der Waals surface area contributed by atoms with E-state index >= 15 is 0 Å². The third kappa shape index (κ3) is 3.37. The van der Waals surface area contributed by atoms with Crippen LogP contribution in [0.25, 0.3) is 0 Å². The summed E-state index contributed by atoms with van der Waals surface area (Å²) in [6.07, 6.45) is 6.72. The van der Waals surface area contributed by atoms with Gasteiger partial charge in [0.15, 0.2) is 0 Å². The Hall–Kier alpha value is -1.26. The first kappa shape index (κ1) is 13.2. The number of carboxylic acid groups (broad SMARTS) is 1. The van der Waals surface area contributed by atoms with E-state index in [-0.39, 0.29) is 12.6 Å². The molecule has 102 valence electrons. The molecule has 0 bridgehead atoms. The molecule has 0 aromatic carbocycles. The molecule has 2 fully saturated rings. The lowest BCUT2D eigenvalue weighted by atomic mass is 9.74. The van der Waals surface area contributed by atoms with Crippen molar-refractivity contribution in [1.29, 1.82) is 0 Å². The first-order valence-electron chi connectivity index (χ1n) is 6.87. The Balaban J connectivity index is 1.77. The highest BCUT2D eigenvalue weighted by Gasteiger charge is 2.39. The second-order valence-corrected chi connectivity index (χ2v) is 5.65. The summed E-state index contributed by atoms with van der Waals surface area (Å²) >= 11 is 0. The van der Waals surface area contributed by atoms with Gasteiger partial charge in [0.1, 0.15) is 0 Å². The van der Waals surface area contributed by atoms with Crippen LogP contribution in [0.1, 0.15) is 44.9 Å². The van der Waals surface area contributed by atoms with Gasteiger partial charge in [-0.15, -0.1) is 0 Å². The monoisotopic (exact) mass is 254 g/mol. The molecule has 2 aliphatic rings. The first-order chi connectivity index (χ1) is 8.62. The van der Waals surface area contributed by atoms with Crippen LogP contribution in [0, 0.1) is 11.3 Å². The fraction of sp³-hybridized carbons (Fsp3) is 0.846. The molecule has 18 heavy (non-hydrogen) atoms. The van der Waals surface area contributed by atoms with Gasteiger partial charge in [0.2, 0.25) is 0 Å². The van der Waals surface area contributed by atoms with E-state index < -0.39 is 11.4 Å². The molecule has 5 nitrogen and oxygen atoms in total. The van der Waals surface area contributed by atoms with Crippen LogP contribution in [-0.4, -0.2) is 30.2 Å². The molecule has 2 saturated carbocycles. The number of amides is 2. The Morgan fingerprint density at radius 1 is 1.11 bits per heavy atom. The van der Waals surface area contributed by atoms with Gasteiger partial charge in [-0.1, -0.05) is 19.3 Å². The van der Waals surface area contributed by atoms with Gasteiger partial charge in [-0.2, -0.15) is 0 Å². The van der Waals surface area contributed by atoms with Gasteiger partial charge in [-0.3, -0.25) is 4.79 Å². The Kier molecular flexibility index (Phi) is 4.09. The van der Waals surface area contributed by atoms with E-state index in [0.29, 0.717) is 25.3 Å². The van der Waals surface area contributed by atoms with Gasteiger partial charge in [0.05, 0.1) is 5.41 Å². The lowest BCUT2D eigenvalue weighted by Gasteiger charge is -2.33. The van der Waals surface area contributed by atoms with Crippen molar-refractivity contribution in [3.8, 4) is 0 Å². The molecule has 2 aliphatic carbocycles. The van der Waals surface area contributed by atoms with Crippen LogP contribution in [0.4, 0.5) is 4.79 Å². The number of carbonyl (C=O) groups is 2. The normalized spacial score (nSPS) is 22.2. The van der Waals surface area contributed by atoms with Crippen LogP contribution in [-0.2, 0) is 4.79 Å². The fourth-order valence-electron chi connectivity index (χ4n) is 2.57. The average Bonchev–Trinajstić information content (AvgIpc) is 3.19. The van der Waals surface area contributed by atoms with E-state index in [4.69, 9.17) is 0 Å². The maximum absolute atomic E-state index is 11.6. The zero-order valence-corrected chi connectivity index (χ0v) is 10.7. The van der Waals surface area contributed by atoms with E-state index in [1.54, 1.807) is 0 Å². The molecule has 0 saturated heterocycles. The Morgan fingerprint density at radius 2 is 1.78 bits per heavy atom. The van der Waals surface area contributed by atoms with Crippen LogP contribution in [0.3, 0.4) is 0 Å². The molecule has 3 N–H and O–H groups in total. The van der Waals surface area contributed by atoms with Crippen molar-refractivity contribution in [3.63, 3.8) is 0 Å². The highest BCUT2D eigenvalue weighted by molar-refractivity contribution is 5.78. The van der Waals surface area contributed by atoms with Gasteiger partial charge in [-0.05, 0) is 31.6 Å². The molecule has 0 aliphatic heterocycles. The topological polar surface area (TPSA) is 78.4 Å². The van der Waals surface area contributed by atoms with Crippen molar-refractivity contribution >= 4 is 12.0 Å². The second kappa shape index (κ2) is 5.59. The van der Waals surface area contributed by atoms with Crippen molar-refractivity contribution in [1.82, 2.24) is 10.6 Å². The average molecular weight is 254 g/mol. The minimum Gasteiger partial charge on any atom is -0.481 e. The number of carboxylic acids is 1. The largest absolute Gasteiger partial charge is 0.481 e. The molecule has 0 radical (unpaired) electrons. The zero-order chi connectivity index (χ0) is 13.0.